The smallest absolute Gasteiger partial charge is 0.344 e. The third-order valence-electron chi connectivity index (χ3n) is 5.42. The van der Waals surface area contributed by atoms with E-state index in [4.69, 9.17) is 9.47 Å². The zero-order valence-electron chi connectivity index (χ0n) is 15.4. The first-order chi connectivity index (χ1) is 13.7. The van der Waals surface area contributed by atoms with Gasteiger partial charge in [0.25, 0.3) is 5.56 Å². The Morgan fingerprint density at radius 3 is 2.93 bits per heavy atom. The zero-order chi connectivity index (χ0) is 19.1. The van der Waals surface area contributed by atoms with Gasteiger partial charge in [0.05, 0.1) is 5.39 Å². The number of aromatic nitrogens is 2. The van der Waals surface area contributed by atoms with Crippen LogP contribution < -0.4 is 10.3 Å². The van der Waals surface area contributed by atoms with Crippen LogP contribution in [0, 0.1) is 0 Å². The summed E-state index contributed by atoms with van der Waals surface area (Å²) in [4.78, 5) is 33.6. The fraction of sp³-hybridized carbons (Fsp3) is 0.381. The monoisotopic (exact) mass is 396 g/mol. The number of fused-ring (bicyclic) bond motifs is 4. The summed E-state index contributed by atoms with van der Waals surface area (Å²) >= 11 is 1.57. The number of hydrogen-bond donors (Lipinski definition) is 1. The lowest BCUT2D eigenvalue weighted by Gasteiger charge is -2.08. The number of carbonyl (C=O) groups excluding carboxylic acids is 1. The summed E-state index contributed by atoms with van der Waals surface area (Å²) in [6, 6.07) is 5.95. The average Bonchev–Trinajstić information content (AvgIpc) is 3.39. The van der Waals surface area contributed by atoms with Crippen molar-refractivity contribution in [3.63, 3.8) is 0 Å². The third kappa shape index (κ3) is 3.20. The predicted octanol–water partition coefficient (Wildman–Crippen LogP) is 3.08. The molecule has 0 saturated carbocycles. The maximum absolute atomic E-state index is 12.4. The Balaban J connectivity index is 1.21. The summed E-state index contributed by atoms with van der Waals surface area (Å²) in [7, 11) is 0. The summed E-state index contributed by atoms with van der Waals surface area (Å²) in [5.74, 6) is 0.555. The molecule has 7 heteroatoms. The minimum atomic E-state index is -0.489. The van der Waals surface area contributed by atoms with Gasteiger partial charge in [-0.1, -0.05) is 6.07 Å². The molecule has 144 valence electrons. The molecule has 2 aliphatic carbocycles. The molecule has 0 unspecified atom stereocenters. The van der Waals surface area contributed by atoms with Crippen LogP contribution in [0.15, 0.2) is 23.0 Å². The zero-order valence-corrected chi connectivity index (χ0v) is 16.2. The number of aromatic amines is 1. The number of aryl methyl sites for hydroxylation is 4. The van der Waals surface area contributed by atoms with E-state index >= 15 is 0 Å². The van der Waals surface area contributed by atoms with Crippen molar-refractivity contribution in [1.29, 1.82) is 0 Å². The number of hydrogen-bond acceptors (Lipinski definition) is 6. The number of esters is 1. The number of rotatable bonds is 5. The van der Waals surface area contributed by atoms with E-state index in [0.29, 0.717) is 17.0 Å². The quantitative estimate of drug-likeness (QED) is 0.671. The topological polar surface area (TPSA) is 81.3 Å². The first kappa shape index (κ1) is 17.4. The Kier molecular flexibility index (Phi) is 4.39. The van der Waals surface area contributed by atoms with Gasteiger partial charge in [0.15, 0.2) is 6.61 Å². The van der Waals surface area contributed by atoms with Crippen LogP contribution in [0.2, 0.25) is 0 Å². The maximum Gasteiger partial charge on any atom is 0.344 e. The molecule has 0 atom stereocenters. The van der Waals surface area contributed by atoms with Crippen LogP contribution in [-0.2, 0) is 41.8 Å². The van der Waals surface area contributed by atoms with Crippen molar-refractivity contribution in [2.75, 3.05) is 6.61 Å². The second-order valence-corrected chi connectivity index (χ2v) is 8.37. The molecule has 28 heavy (non-hydrogen) atoms. The molecule has 0 saturated heterocycles. The number of nitrogens with one attached hydrogen (secondary N) is 1. The van der Waals surface area contributed by atoms with E-state index in [1.165, 1.54) is 22.4 Å². The predicted molar refractivity (Wildman–Crippen MR) is 106 cm³/mol. The molecule has 2 heterocycles. The van der Waals surface area contributed by atoms with Gasteiger partial charge in [-0.2, -0.15) is 0 Å². The van der Waals surface area contributed by atoms with E-state index in [1.807, 2.05) is 12.1 Å². The van der Waals surface area contributed by atoms with Gasteiger partial charge in [0, 0.05) is 4.88 Å². The Labute approximate surface area is 165 Å². The number of nitrogens with zero attached hydrogens (tertiary/aromatic N) is 1. The minimum Gasteiger partial charge on any atom is -0.482 e. The van der Waals surface area contributed by atoms with Crippen LogP contribution in [0.4, 0.5) is 0 Å². The molecule has 6 nitrogen and oxygen atoms in total. The molecule has 1 N–H and O–H groups in total. The highest BCUT2D eigenvalue weighted by Gasteiger charge is 2.21. The SMILES string of the molecule is O=C(COc1ccc2c(c1)CCC2)OCc1nc2sc3c(c2c(=O)[nH]1)CCC3. The van der Waals surface area contributed by atoms with Crippen molar-refractivity contribution in [2.45, 2.75) is 45.1 Å². The van der Waals surface area contributed by atoms with Gasteiger partial charge < -0.3 is 14.5 Å². The van der Waals surface area contributed by atoms with Crippen LogP contribution in [0.3, 0.4) is 0 Å². The van der Waals surface area contributed by atoms with Crippen molar-refractivity contribution in [2.24, 2.45) is 0 Å². The normalized spacial score (nSPS) is 14.9. The minimum absolute atomic E-state index is 0.0693. The maximum atomic E-state index is 12.4. The van der Waals surface area contributed by atoms with E-state index < -0.39 is 5.97 Å². The Bertz CT molecular complexity index is 1130. The van der Waals surface area contributed by atoms with Gasteiger partial charge in [-0.25, -0.2) is 9.78 Å². The van der Waals surface area contributed by atoms with E-state index in [2.05, 4.69) is 16.0 Å². The van der Waals surface area contributed by atoms with Crippen LogP contribution in [-0.4, -0.2) is 22.5 Å². The Hall–Kier alpha value is -2.67. The highest BCUT2D eigenvalue weighted by molar-refractivity contribution is 7.18. The molecule has 2 aliphatic rings. The van der Waals surface area contributed by atoms with E-state index in [0.717, 1.165) is 42.5 Å². The summed E-state index contributed by atoms with van der Waals surface area (Å²) in [6.07, 6.45) is 6.39. The summed E-state index contributed by atoms with van der Waals surface area (Å²) < 4.78 is 10.8. The first-order valence-electron chi connectivity index (χ1n) is 9.61. The number of ether oxygens (including phenoxy) is 2. The average molecular weight is 396 g/mol. The lowest BCUT2D eigenvalue weighted by Crippen LogP contribution is -2.18. The van der Waals surface area contributed by atoms with Crippen molar-refractivity contribution >= 4 is 27.5 Å². The van der Waals surface area contributed by atoms with Gasteiger partial charge >= 0.3 is 5.97 Å². The summed E-state index contributed by atoms with van der Waals surface area (Å²) in [5.41, 5.74) is 3.65. The molecule has 3 aromatic rings. The number of carbonyl (C=O) groups is 1. The number of H-pyrrole nitrogens is 1. The summed E-state index contributed by atoms with van der Waals surface area (Å²) in [5, 5.41) is 0.701. The fourth-order valence-corrected chi connectivity index (χ4v) is 5.37. The van der Waals surface area contributed by atoms with Crippen LogP contribution in [0.1, 0.15) is 40.2 Å². The molecular weight excluding hydrogens is 376 g/mol. The molecule has 0 spiro atoms. The lowest BCUT2D eigenvalue weighted by molar-refractivity contribution is -0.147. The lowest BCUT2D eigenvalue weighted by atomic mass is 10.1. The van der Waals surface area contributed by atoms with Crippen LogP contribution in [0.5, 0.6) is 5.75 Å². The van der Waals surface area contributed by atoms with Gasteiger partial charge in [-0.3, -0.25) is 4.79 Å². The molecule has 0 radical (unpaired) electrons. The van der Waals surface area contributed by atoms with E-state index in [9.17, 15) is 9.59 Å². The standard InChI is InChI=1S/C21H20N2O4S/c24-18(11-26-14-8-7-12-3-1-4-13(12)9-14)27-10-17-22-20(25)19-15-5-2-6-16(15)28-21(19)23-17/h7-9H,1-6,10-11H2,(H,22,23,25). The highest BCUT2D eigenvalue weighted by atomic mass is 32.1. The van der Waals surface area contributed by atoms with Gasteiger partial charge in [0.2, 0.25) is 0 Å². The van der Waals surface area contributed by atoms with Crippen LogP contribution >= 0.6 is 11.3 Å². The molecule has 0 amide bonds. The van der Waals surface area contributed by atoms with Crippen LogP contribution in [0.25, 0.3) is 10.2 Å². The van der Waals surface area contributed by atoms with E-state index in [-0.39, 0.29) is 18.8 Å². The molecule has 0 fully saturated rings. The Morgan fingerprint density at radius 2 is 2.00 bits per heavy atom. The second-order valence-electron chi connectivity index (χ2n) is 7.28. The fourth-order valence-electron chi connectivity index (χ4n) is 4.09. The summed E-state index contributed by atoms with van der Waals surface area (Å²) in [6.45, 7) is -0.237. The largest absolute Gasteiger partial charge is 0.482 e. The van der Waals surface area contributed by atoms with Crippen molar-refractivity contribution in [3.05, 3.63) is 55.9 Å². The second kappa shape index (κ2) is 7.05. The molecule has 2 aromatic heterocycles. The van der Waals surface area contributed by atoms with Gasteiger partial charge in [0.1, 0.15) is 23.0 Å². The van der Waals surface area contributed by atoms with Gasteiger partial charge in [-0.05, 0) is 67.3 Å². The van der Waals surface area contributed by atoms with Gasteiger partial charge in [-0.15, -0.1) is 11.3 Å². The third-order valence-corrected chi connectivity index (χ3v) is 6.61. The molecule has 5 rings (SSSR count). The number of benzene rings is 1. The van der Waals surface area contributed by atoms with E-state index in [1.54, 1.807) is 11.3 Å². The Morgan fingerprint density at radius 1 is 1.14 bits per heavy atom. The van der Waals surface area contributed by atoms with Crippen molar-refractivity contribution < 1.29 is 14.3 Å². The molecule has 0 aliphatic heterocycles. The molecule has 1 aromatic carbocycles. The van der Waals surface area contributed by atoms with Crippen molar-refractivity contribution in [1.82, 2.24) is 9.97 Å². The molecule has 0 bridgehead atoms. The molecular formula is C21H20N2O4S. The highest BCUT2D eigenvalue weighted by Crippen LogP contribution is 2.34. The van der Waals surface area contributed by atoms with Crippen molar-refractivity contribution in [3.8, 4) is 5.75 Å². The number of thiophene rings is 1. The first-order valence-corrected chi connectivity index (χ1v) is 10.4.